The predicted molar refractivity (Wildman–Crippen MR) is 234 cm³/mol. The zero-order valence-corrected chi connectivity index (χ0v) is 36.4. The van der Waals surface area contributed by atoms with Gasteiger partial charge in [0.25, 0.3) is 5.91 Å². The quantitative estimate of drug-likeness (QED) is 0.151. The van der Waals surface area contributed by atoms with Gasteiger partial charge in [0.1, 0.15) is 11.7 Å². The van der Waals surface area contributed by atoms with Gasteiger partial charge in [-0.15, -0.1) is 0 Å². The Bertz CT molecular complexity index is 2430. The van der Waals surface area contributed by atoms with Crippen LogP contribution in [0.25, 0.3) is 32.7 Å². The Morgan fingerprint density at radius 3 is 1.47 bits per heavy atom. The van der Waals surface area contributed by atoms with Crippen molar-refractivity contribution in [2.24, 2.45) is 5.92 Å². The van der Waals surface area contributed by atoms with E-state index in [0.717, 1.165) is 21.7 Å². The number of nitrogens with one attached hydrogen (secondary N) is 2. The molecule has 2 atom stereocenters. The van der Waals surface area contributed by atoms with Crippen molar-refractivity contribution >= 4 is 71.4 Å². The van der Waals surface area contributed by atoms with Crippen LogP contribution in [-0.2, 0) is 11.2 Å². The number of para-hydroxylation sites is 3. The van der Waals surface area contributed by atoms with Gasteiger partial charge in [0.15, 0.2) is 0 Å². The van der Waals surface area contributed by atoms with Crippen LogP contribution in [0.3, 0.4) is 0 Å². The minimum Gasteiger partial charge on any atom is -0.871 e. The van der Waals surface area contributed by atoms with Gasteiger partial charge < -0.3 is 36.0 Å². The van der Waals surface area contributed by atoms with E-state index in [-0.39, 0.29) is 55.1 Å². The first-order valence-corrected chi connectivity index (χ1v) is 19.3. The molecule has 4 N–H and O–H groups in total. The van der Waals surface area contributed by atoms with Crippen LogP contribution in [0.15, 0.2) is 159 Å². The van der Waals surface area contributed by atoms with Crippen LogP contribution in [0.5, 0.6) is 17.2 Å². The molecule has 0 bridgehead atoms. The summed E-state index contributed by atoms with van der Waals surface area (Å²) in [6.45, 7) is 3.83. The summed E-state index contributed by atoms with van der Waals surface area (Å²) >= 11 is 0. The Balaban J connectivity index is 0.000000203. The summed E-state index contributed by atoms with van der Waals surface area (Å²) in [4.78, 5) is 45.0. The molecule has 0 fully saturated rings. The molecule has 8 rings (SSSR count). The zero-order valence-electron chi connectivity index (χ0n) is 34.0. The fraction of sp³-hybridized carbons (Fsp3) is 0.152. The first kappa shape index (κ1) is 47.8. The molecule has 0 unspecified atom stereocenters. The van der Waals surface area contributed by atoms with Crippen LogP contribution < -0.4 is 26.0 Å². The van der Waals surface area contributed by atoms with Crippen molar-refractivity contribution in [1.82, 2.24) is 35.6 Å². The topological polar surface area (TPSA) is 232 Å². The van der Waals surface area contributed by atoms with Crippen LogP contribution in [0.2, 0.25) is 0 Å². The van der Waals surface area contributed by atoms with Gasteiger partial charge in [-0.1, -0.05) is 134 Å². The van der Waals surface area contributed by atoms with Crippen molar-refractivity contribution in [2.75, 3.05) is 0 Å². The summed E-state index contributed by atoms with van der Waals surface area (Å²) < 4.78 is 0. The number of fused-ring (bicyclic) bond motifs is 3. The average Bonchev–Trinajstić information content (AvgIpc) is 3.28. The van der Waals surface area contributed by atoms with Gasteiger partial charge in [-0.05, 0) is 52.3 Å². The molecular formula is C46H43BGaN7O7. The van der Waals surface area contributed by atoms with Gasteiger partial charge in [0, 0.05) is 37.4 Å². The van der Waals surface area contributed by atoms with Gasteiger partial charge in [0.05, 0.1) is 28.7 Å². The Labute approximate surface area is 372 Å². The molecule has 8 aromatic rings. The Morgan fingerprint density at radius 1 is 0.597 bits per heavy atom. The van der Waals surface area contributed by atoms with E-state index >= 15 is 0 Å². The van der Waals surface area contributed by atoms with E-state index in [2.05, 4.69) is 35.6 Å². The SMILES string of the molecule is CC(C)C[C@H](NC(=O)[C@H](Cc1ccccc1)NC(=O)c1cnccn1)B(O)O.[Ga+3].[O-]c1cccc2cccnc12.[O-]c1cccc2cccnc12.[O-]c1cccc2cccnc12. The summed E-state index contributed by atoms with van der Waals surface area (Å²) in [6, 6.07) is 34.9. The van der Waals surface area contributed by atoms with Gasteiger partial charge >= 0.3 is 26.9 Å². The monoisotopic (exact) mass is 885 g/mol. The number of hydrogen-bond donors (Lipinski definition) is 4. The summed E-state index contributed by atoms with van der Waals surface area (Å²) in [5.74, 6) is -1.75. The number of carbonyl (C=O) groups excluding carboxylic acids is 2. The second-order valence-electron chi connectivity index (χ2n) is 14.0. The van der Waals surface area contributed by atoms with E-state index in [1.807, 2.05) is 98.8 Å². The molecule has 4 aromatic carbocycles. The minimum absolute atomic E-state index is 0. The number of benzene rings is 4. The van der Waals surface area contributed by atoms with Crippen LogP contribution in [0, 0.1) is 5.92 Å². The van der Waals surface area contributed by atoms with Crippen molar-refractivity contribution in [3.05, 3.63) is 170 Å². The fourth-order valence-electron chi connectivity index (χ4n) is 5.98. The van der Waals surface area contributed by atoms with E-state index < -0.39 is 30.9 Å². The van der Waals surface area contributed by atoms with Crippen LogP contribution in [0.1, 0.15) is 36.3 Å². The molecule has 0 saturated carbocycles. The first-order valence-electron chi connectivity index (χ1n) is 19.3. The molecule has 0 radical (unpaired) electrons. The molecule has 0 spiro atoms. The van der Waals surface area contributed by atoms with Gasteiger partial charge in [0.2, 0.25) is 5.91 Å². The van der Waals surface area contributed by atoms with Crippen molar-refractivity contribution in [3.63, 3.8) is 0 Å². The molecule has 310 valence electrons. The van der Waals surface area contributed by atoms with Crippen molar-refractivity contribution < 1.29 is 35.0 Å². The standard InChI is InChI=1S/C19H25BN4O4.3C9H7NO.Ga/c1-13(2)10-17(20(27)28)24-18(25)15(11-14-6-4-3-5-7-14)23-19(26)16-12-21-8-9-22-16;3*11-8-5-1-3-7-4-2-6-10-9(7)8;/h3-9,12-13,15,17,27-28H,10-11H2,1-2H3,(H,23,26)(H,24,25);3*1-6,11H;/q;;;;+3/p-3/t15-,17-;;;;/m0..../s1. The van der Waals surface area contributed by atoms with Gasteiger partial charge in [-0.25, -0.2) is 4.98 Å². The third-order valence-electron chi connectivity index (χ3n) is 8.90. The molecule has 0 aliphatic rings. The number of rotatable bonds is 9. The van der Waals surface area contributed by atoms with E-state index in [9.17, 15) is 35.0 Å². The second kappa shape index (κ2) is 24.4. The van der Waals surface area contributed by atoms with E-state index in [1.54, 1.807) is 36.8 Å². The number of carbonyl (C=O) groups is 2. The number of hydrogen-bond acceptors (Lipinski definition) is 12. The normalized spacial score (nSPS) is 11.2. The molecule has 4 heterocycles. The third-order valence-corrected chi connectivity index (χ3v) is 8.90. The van der Waals surface area contributed by atoms with Gasteiger partial charge in [-0.3, -0.25) is 29.5 Å². The first-order chi connectivity index (χ1) is 29.5. The molecule has 2 amide bonds. The fourth-order valence-corrected chi connectivity index (χ4v) is 5.98. The van der Waals surface area contributed by atoms with Crippen molar-refractivity contribution in [3.8, 4) is 17.2 Å². The molecule has 62 heavy (non-hydrogen) atoms. The molecule has 0 aliphatic carbocycles. The minimum atomic E-state index is -1.69. The molecule has 0 aliphatic heterocycles. The second-order valence-corrected chi connectivity index (χ2v) is 14.0. The largest absolute Gasteiger partial charge is 3.00 e. The Hall–Kier alpha value is -6.85. The smallest absolute Gasteiger partial charge is 0.871 e. The molecule has 16 heteroatoms. The summed E-state index contributed by atoms with van der Waals surface area (Å²) in [6.07, 6.45) is 9.67. The number of amides is 2. The van der Waals surface area contributed by atoms with Crippen LogP contribution in [0.4, 0.5) is 0 Å². The summed E-state index contributed by atoms with van der Waals surface area (Å²) in [5, 5.41) is 60.5. The maximum absolute atomic E-state index is 12.8. The molecule has 0 saturated heterocycles. The number of nitrogens with zero attached hydrogens (tertiary/aromatic N) is 5. The zero-order chi connectivity index (χ0) is 43.6. The Kier molecular flexibility index (Phi) is 18.8. The van der Waals surface area contributed by atoms with Gasteiger partial charge in [-0.2, -0.15) is 0 Å². The Morgan fingerprint density at radius 2 is 1.06 bits per heavy atom. The van der Waals surface area contributed by atoms with Crippen LogP contribution in [-0.4, -0.2) is 85.7 Å². The maximum Gasteiger partial charge on any atom is 3.00 e. The van der Waals surface area contributed by atoms with Crippen LogP contribution >= 0.6 is 0 Å². The number of pyridine rings is 3. The van der Waals surface area contributed by atoms with Crippen molar-refractivity contribution in [2.45, 2.75) is 38.7 Å². The predicted octanol–water partition coefficient (Wildman–Crippen LogP) is 3.91. The maximum atomic E-state index is 12.8. The van der Waals surface area contributed by atoms with E-state index in [1.165, 1.54) is 36.8 Å². The molecular weight excluding hydrogens is 843 g/mol. The van der Waals surface area contributed by atoms with E-state index in [0.29, 0.717) is 23.0 Å². The summed E-state index contributed by atoms with van der Waals surface area (Å²) in [7, 11) is -1.69. The van der Waals surface area contributed by atoms with Crippen molar-refractivity contribution in [1.29, 1.82) is 0 Å². The summed E-state index contributed by atoms with van der Waals surface area (Å²) in [5.41, 5.74) is 2.60. The molecule has 14 nitrogen and oxygen atoms in total. The van der Waals surface area contributed by atoms with E-state index in [4.69, 9.17) is 0 Å². The molecule has 4 aromatic heterocycles. The average molecular weight is 886 g/mol. The number of aromatic nitrogens is 5. The third kappa shape index (κ3) is 14.4.